The summed E-state index contributed by atoms with van der Waals surface area (Å²) < 4.78 is 9.50. The number of nitrogens with zero attached hydrogens (tertiary/aromatic N) is 1. The second-order valence-corrected chi connectivity index (χ2v) is 3.36. The molecule has 1 fully saturated rings. The van der Waals surface area contributed by atoms with Gasteiger partial charge in [-0.15, -0.1) is 0 Å². The van der Waals surface area contributed by atoms with E-state index in [0.29, 0.717) is 7.18 Å². The number of hydrogen-bond acceptors (Lipinski definition) is 1. The van der Waals surface area contributed by atoms with Crippen LogP contribution >= 0.6 is 0 Å². The largest absolute Gasteiger partial charge is 0.264 e. The highest BCUT2D eigenvalue weighted by molar-refractivity contribution is 5.26. The van der Waals surface area contributed by atoms with Gasteiger partial charge >= 0.3 is 0 Å². The summed E-state index contributed by atoms with van der Waals surface area (Å²) in [4.78, 5) is 4.15. The highest BCUT2D eigenvalue weighted by Crippen LogP contribution is 2.37. The van der Waals surface area contributed by atoms with Crippen LogP contribution in [0.3, 0.4) is 0 Å². The molecule has 1 aliphatic carbocycles. The molecule has 0 unspecified atom stereocenters. The average molecular weight is 181 g/mol. The molecular weight excluding hydrogens is 165 g/mol. The van der Waals surface area contributed by atoms with Crippen LogP contribution in [-0.2, 0) is 0 Å². The lowest BCUT2D eigenvalue weighted by molar-refractivity contribution is 0.417. The number of rotatable bonds is 1. The molecule has 72 valence electrons. The molecule has 0 bridgehead atoms. The molecule has 13 heavy (non-hydrogen) atoms. The first-order valence-electron chi connectivity index (χ1n) is 4.66. The van der Waals surface area contributed by atoms with Gasteiger partial charge in [0.1, 0.15) is 0 Å². The van der Waals surface area contributed by atoms with E-state index < -0.39 is 0 Å². The maximum absolute atomic E-state index is 9.50. The van der Waals surface area contributed by atoms with Crippen LogP contribution in [0, 0.1) is 6.92 Å². The van der Waals surface area contributed by atoms with E-state index in [2.05, 4.69) is 18.0 Å². The molecule has 0 atom stereocenters. The lowest BCUT2D eigenvalue weighted by Crippen LogP contribution is -2.10. The van der Waals surface area contributed by atoms with Gasteiger partial charge in [-0.3, -0.25) is 9.37 Å². The first kappa shape index (κ1) is 10.2. The SMILES string of the molecule is CF.Cc1ccncc1C1CCC1. The zero-order valence-corrected chi connectivity index (χ0v) is 8.26. The predicted octanol–water partition coefficient (Wildman–Crippen LogP) is 3.24. The molecular formula is C11H16FN. The van der Waals surface area contributed by atoms with Crippen molar-refractivity contribution < 1.29 is 4.39 Å². The average Bonchev–Trinajstić information content (AvgIpc) is 2.09. The fourth-order valence-electron chi connectivity index (χ4n) is 1.62. The van der Waals surface area contributed by atoms with Crippen LogP contribution in [0.1, 0.15) is 36.3 Å². The van der Waals surface area contributed by atoms with Crippen molar-refractivity contribution in [3.05, 3.63) is 29.6 Å². The van der Waals surface area contributed by atoms with E-state index in [1.54, 1.807) is 0 Å². The van der Waals surface area contributed by atoms with Gasteiger partial charge in [0.25, 0.3) is 0 Å². The number of aromatic nitrogens is 1. The standard InChI is InChI=1S/C10H13N.CH3F/c1-8-5-6-11-7-10(8)9-3-2-4-9;1-2/h5-7,9H,2-4H2,1H3;1H3. The van der Waals surface area contributed by atoms with E-state index >= 15 is 0 Å². The summed E-state index contributed by atoms with van der Waals surface area (Å²) in [6, 6.07) is 2.10. The third kappa shape index (κ3) is 2.27. The summed E-state index contributed by atoms with van der Waals surface area (Å²) in [5.41, 5.74) is 2.88. The number of pyridine rings is 1. The third-order valence-corrected chi connectivity index (χ3v) is 2.62. The molecule has 0 N–H and O–H groups in total. The van der Waals surface area contributed by atoms with Crippen molar-refractivity contribution in [1.82, 2.24) is 4.98 Å². The van der Waals surface area contributed by atoms with Gasteiger partial charge in [0.2, 0.25) is 0 Å². The lowest BCUT2D eigenvalue weighted by Gasteiger charge is -2.26. The Morgan fingerprint density at radius 1 is 1.38 bits per heavy atom. The lowest BCUT2D eigenvalue weighted by atomic mass is 9.79. The predicted molar refractivity (Wildman–Crippen MR) is 52.6 cm³/mol. The Balaban J connectivity index is 0.000000396. The van der Waals surface area contributed by atoms with Crippen molar-refractivity contribution in [3.8, 4) is 0 Å². The van der Waals surface area contributed by atoms with Gasteiger partial charge in [0, 0.05) is 12.4 Å². The summed E-state index contributed by atoms with van der Waals surface area (Å²) in [5, 5.41) is 0. The molecule has 1 aromatic heterocycles. The number of hydrogen-bond donors (Lipinski definition) is 0. The van der Waals surface area contributed by atoms with Crippen LogP contribution in [0.4, 0.5) is 4.39 Å². The quantitative estimate of drug-likeness (QED) is 0.648. The molecule has 1 nitrogen and oxygen atoms in total. The topological polar surface area (TPSA) is 12.9 Å². The van der Waals surface area contributed by atoms with Crippen molar-refractivity contribution in [2.45, 2.75) is 32.1 Å². The molecule has 0 saturated heterocycles. The maximum Gasteiger partial charge on any atom is 0.0785 e. The molecule has 0 amide bonds. The number of halogens is 1. The zero-order valence-electron chi connectivity index (χ0n) is 8.26. The van der Waals surface area contributed by atoms with Gasteiger partial charge in [-0.25, -0.2) is 0 Å². The highest BCUT2D eigenvalue weighted by Gasteiger charge is 2.20. The maximum atomic E-state index is 9.50. The second kappa shape index (κ2) is 4.95. The van der Waals surface area contributed by atoms with Crippen LogP contribution < -0.4 is 0 Å². The Bertz CT molecular complexity index is 256. The first-order valence-corrected chi connectivity index (χ1v) is 4.66. The molecule has 1 aliphatic rings. The molecule has 0 aliphatic heterocycles. The third-order valence-electron chi connectivity index (χ3n) is 2.62. The minimum atomic E-state index is 0.500. The van der Waals surface area contributed by atoms with Gasteiger partial charge in [-0.05, 0) is 42.9 Å². The minimum absolute atomic E-state index is 0.500. The Morgan fingerprint density at radius 2 is 2.08 bits per heavy atom. The van der Waals surface area contributed by atoms with E-state index in [-0.39, 0.29) is 0 Å². The molecule has 1 heterocycles. The summed E-state index contributed by atoms with van der Waals surface area (Å²) in [6.45, 7) is 2.18. The van der Waals surface area contributed by atoms with Crippen LogP contribution in [-0.4, -0.2) is 12.2 Å². The highest BCUT2D eigenvalue weighted by atomic mass is 19.1. The van der Waals surface area contributed by atoms with Crippen molar-refractivity contribution >= 4 is 0 Å². The van der Waals surface area contributed by atoms with Gasteiger partial charge < -0.3 is 0 Å². The molecule has 1 aromatic rings. The molecule has 0 aromatic carbocycles. The monoisotopic (exact) mass is 181 g/mol. The van der Waals surface area contributed by atoms with E-state index in [9.17, 15) is 4.39 Å². The second-order valence-electron chi connectivity index (χ2n) is 3.36. The summed E-state index contributed by atoms with van der Waals surface area (Å²) >= 11 is 0. The van der Waals surface area contributed by atoms with Gasteiger partial charge in [0.05, 0.1) is 7.18 Å². The minimum Gasteiger partial charge on any atom is -0.264 e. The van der Waals surface area contributed by atoms with Crippen LogP contribution in [0.2, 0.25) is 0 Å². The van der Waals surface area contributed by atoms with Crippen molar-refractivity contribution in [1.29, 1.82) is 0 Å². The molecule has 2 heteroatoms. The van der Waals surface area contributed by atoms with E-state index in [4.69, 9.17) is 0 Å². The Hall–Kier alpha value is -0.920. The van der Waals surface area contributed by atoms with Crippen LogP contribution in [0.15, 0.2) is 18.5 Å². The molecule has 1 saturated carbocycles. The van der Waals surface area contributed by atoms with Crippen molar-refractivity contribution in [3.63, 3.8) is 0 Å². The van der Waals surface area contributed by atoms with Crippen molar-refractivity contribution in [2.24, 2.45) is 0 Å². The smallest absolute Gasteiger partial charge is 0.0785 e. The van der Waals surface area contributed by atoms with Crippen LogP contribution in [0.25, 0.3) is 0 Å². The van der Waals surface area contributed by atoms with E-state index in [0.717, 1.165) is 5.92 Å². The Labute approximate surface area is 79.0 Å². The number of aryl methyl sites for hydroxylation is 1. The van der Waals surface area contributed by atoms with Crippen molar-refractivity contribution in [2.75, 3.05) is 7.18 Å². The Morgan fingerprint density at radius 3 is 2.54 bits per heavy atom. The fraction of sp³-hybridized carbons (Fsp3) is 0.545. The first-order chi connectivity index (χ1) is 6.38. The number of alkyl halides is 1. The molecule has 2 rings (SSSR count). The van der Waals surface area contributed by atoms with E-state index in [1.165, 1.54) is 30.4 Å². The fourth-order valence-corrected chi connectivity index (χ4v) is 1.62. The van der Waals surface area contributed by atoms with Gasteiger partial charge in [-0.2, -0.15) is 0 Å². The Kier molecular flexibility index (Phi) is 3.87. The normalized spacial score (nSPS) is 15.6. The van der Waals surface area contributed by atoms with Gasteiger partial charge in [-0.1, -0.05) is 6.42 Å². The van der Waals surface area contributed by atoms with Gasteiger partial charge in [0.15, 0.2) is 0 Å². The summed E-state index contributed by atoms with van der Waals surface area (Å²) in [5.74, 6) is 0.823. The molecule has 0 spiro atoms. The van der Waals surface area contributed by atoms with E-state index in [1.807, 2.05) is 12.4 Å². The van der Waals surface area contributed by atoms with Crippen LogP contribution in [0.5, 0.6) is 0 Å². The summed E-state index contributed by atoms with van der Waals surface area (Å²) in [6.07, 6.45) is 8.04. The zero-order chi connectivity index (χ0) is 9.68. The molecule has 0 radical (unpaired) electrons. The summed E-state index contributed by atoms with van der Waals surface area (Å²) in [7, 11) is 0.500.